The minimum Gasteiger partial charge on any atom is -0.352 e. The Morgan fingerprint density at radius 1 is 1.12 bits per heavy atom. The van der Waals surface area contributed by atoms with Crippen LogP contribution in [-0.4, -0.2) is 40.2 Å². The molecule has 216 valence electrons. The molecule has 1 aliphatic carbocycles. The van der Waals surface area contributed by atoms with Gasteiger partial charge in [-0.1, -0.05) is 35.9 Å². The molecule has 2 atom stereocenters. The number of amides is 3. The molecule has 8 nitrogen and oxygen atoms in total. The first-order chi connectivity index (χ1) is 20.0. The van der Waals surface area contributed by atoms with E-state index in [0.29, 0.717) is 0 Å². The van der Waals surface area contributed by atoms with E-state index in [1.807, 2.05) is 6.07 Å². The zero-order valence-electron chi connectivity index (χ0n) is 22.1. The molecule has 42 heavy (non-hydrogen) atoms. The molecule has 2 aromatic carbocycles. The molecule has 2 aliphatic rings. The summed E-state index contributed by atoms with van der Waals surface area (Å²) in [4.78, 5) is 47.8. The molecule has 5 rings (SSSR count). The zero-order valence-corrected chi connectivity index (χ0v) is 22.9. The molecule has 2 fully saturated rings. The molecule has 1 saturated carbocycles. The van der Waals surface area contributed by atoms with Gasteiger partial charge in [0.05, 0.1) is 17.6 Å². The molecular weight excluding hydrogens is 571 g/mol. The molecule has 0 spiro atoms. The number of rotatable bonds is 7. The maximum absolute atomic E-state index is 14.5. The van der Waals surface area contributed by atoms with E-state index >= 15 is 0 Å². The van der Waals surface area contributed by atoms with Crippen LogP contribution in [0.15, 0.2) is 66.9 Å². The van der Waals surface area contributed by atoms with Crippen molar-refractivity contribution in [2.24, 2.45) is 0 Å². The van der Waals surface area contributed by atoms with E-state index in [2.05, 4.69) is 15.6 Å². The monoisotopic (exact) mass is 595 g/mol. The van der Waals surface area contributed by atoms with Crippen LogP contribution < -0.4 is 15.5 Å². The van der Waals surface area contributed by atoms with Crippen molar-refractivity contribution in [3.05, 3.63) is 88.8 Å². The van der Waals surface area contributed by atoms with Crippen molar-refractivity contribution in [1.82, 2.24) is 10.3 Å². The molecule has 0 radical (unpaired) electrons. The molecule has 1 saturated heterocycles. The van der Waals surface area contributed by atoms with Gasteiger partial charge in [0, 0.05) is 42.2 Å². The second-order valence-electron chi connectivity index (χ2n) is 10.4. The fourth-order valence-electron chi connectivity index (χ4n) is 5.70. The molecule has 3 amide bonds. The van der Waals surface area contributed by atoms with Crippen molar-refractivity contribution < 1.29 is 27.6 Å². The number of carbonyl (C=O) groups is 3. The van der Waals surface area contributed by atoms with Gasteiger partial charge in [0.1, 0.15) is 17.2 Å². The molecule has 12 heteroatoms. The predicted molar refractivity (Wildman–Crippen MR) is 148 cm³/mol. The van der Waals surface area contributed by atoms with E-state index < -0.39 is 59.8 Å². The van der Waals surface area contributed by atoms with Gasteiger partial charge in [0.25, 0.3) is 11.8 Å². The van der Waals surface area contributed by atoms with Crippen LogP contribution in [0.25, 0.3) is 0 Å². The Labute approximate surface area is 244 Å². The number of hydrogen-bond acceptors (Lipinski definition) is 5. The Morgan fingerprint density at radius 2 is 1.88 bits per heavy atom. The lowest BCUT2D eigenvalue weighted by Crippen LogP contribution is -2.68. The van der Waals surface area contributed by atoms with E-state index in [0.717, 1.165) is 11.0 Å². The van der Waals surface area contributed by atoms with Crippen molar-refractivity contribution in [3.8, 4) is 6.07 Å². The Bertz CT molecular complexity index is 1590. The second-order valence-corrected chi connectivity index (χ2v) is 10.8. The highest BCUT2D eigenvalue weighted by atomic mass is 35.5. The normalized spacial score (nSPS) is 20.6. The summed E-state index contributed by atoms with van der Waals surface area (Å²) in [6, 6.07) is 15.2. The first-order valence-corrected chi connectivity index (χ1v) is 13.6. The minimum atomic E-state index is -2.93. The molecule has 1 aliphatic heterocycles. The number of carbonyl (C=O) groups excluding carboxylic acids is 3. The van der Waals surface area contributed by atoms with Crippen LogP contribution in [0, 0.1) is 17.1 Å². The topological polar surface area (TPSA) is 115 Å². The number of pyridine rings is 1. The number of nitrogens with zero attached hydrogens (tertiary/aromatic N) is 3. The van der Waals surface area contributed by atoms with Crippen LogP contribution in [0.3, 0.4) is 0 Å². The van der Waals surface area contributed by atoms with Crippen LogP contribution >= 0.6 is 11.6 Å². The lowest BCUT2D eigenvalue weighted by Gasteiger charge is -2.49. The number of alkyl halides is 2. The fourth-order valence-corrected chi connectivity index (χ4v) is 5.94. The molecule has 1 aromatic heterocycles. The van der Waals surface area contributed by atoms with E-state index in [1.54, 1.807) is 12.1 Å². The van der Waals surface area contributed by atoms with E-state index in [4.69, 9.17) is 11.6 Å². The van der Waals surface area contributed by atoms with E-state index in [-0.39, 0.29) is 46.9 Å². The summed E-state index contributed by atoms with van der Waals surface area (Å²) in [5, 5.41) is 14.9. The molecule has 3 aromatic rings. The van der Waals surface area contributed by atoms with Crippen LogP contribution in [0.1, 0.15) is 49.1 Å². The molecule has 2 heterocycles. The number of anilines is 2. The van der Waals surface area contributed by atoms with Gasteiger partial charge in [-0.15, -0.1) is 0 Å². The Balaban J connectivity index is 1.72. The molecule has 2 N–H and O–H groups in total. The predicted octanol–water partition coefficient (Wildman–Crippen LogP) is 5.34. The number of nitriles is 1. The zero-order chi connectivity index (χ0) is 30.1. The summed E-state index contributed by atoms with van der Waals surface area (Å²) >= 11 is 6.59. The van der Waals surface area contributed by atoms with Crippen molar-refractivity contribution in [2.45, 2.75) is 55.5 Å². The maximum Gasteiger partial charge on any atom is 0.252 e. The van der Waals surface area contributed by atoms with Gasteiger partial charge in [-0.2, -0.15) is 5.26 Å². The average molecular weight is 596 g/mol. The number of piperidine rings is 1. The van der Waals surface area contributed by atoms with Crippen LogP contribution in [0.5, 0.6) is 0 Å². The number of halogens is 4. The maximum atomic E-state index is 14.5. The third kappa shape index (κ3) is 5.54. The first-order valence-electron chi connectivity index (χ1n) is 13.2. The van der Waals surface area contributed by atoms with Gasteiger partial charge in [-0.3, -0.25) is 19.3 Å². The van der Waals surface area contributed by atoms with Crippen molar-refractivity contribution in [3.63, 3.8) is 0 Å². The number of aromatic nitrogens is 1. The van der Waals surface area contributed by atoms with E-state index in [1.165, 1.54) is 48.7 Å². The fraction of sp³-hybridized carbons (Fsp3) is 0.300. The molecule has 1 unspecified atom stereocenters. The third-order valence-electron chi connectivity index (χ3n) is 7.57. The summed E-state index contributed by atoms with van der Waals surface area (Å²) in [7, 11) is 0. The summed E-state index contributed by atoms with van der Waals surface area (Å²) in [6.07, 6.45) is 0.253. The number of hydrogen-bond donors (Lipinski definition) is 2. The Morgan fingerprint density at radius 3 is 2.57 bits per heavy atom. The van der Waals surface area contributed by atoms with Gasteiger partial charge in [-0.05, 0) is 54.8 Å². The van der Waals surface area contributed by atoms with Crippen molar-refractivity contribution in [1.29, 1.82) is 5.26 Å². The Kier molecular flexibility index (Phi) is 7.93. The summed E-state index contributed by atoms with van der Waals surface area (Å²) in [5.41, 5.74) is -1.67. The van der Waals surface area contributed by atoms with Gasteiger partial charge in [0.2, 0.25) is 11.8 Å². The van der Waals surface area contributed by atoms with Crippen LogP contribution in [-0.2, 0) is 14.4 Å². The van der Waals surface area contributed by atoms with Crippen LogP contribution in [0.4, 0.5) is 24.7 Å². The lowest BCUT2D eigenvalue weighted by atomic mass is 9.70. The highest BCUT2D eigenvalue weighted by Crippen LogP contribution is 2.47. The summed E-state index contributed by atoms with van der Waals surface area (Å²) < 4.78 is 41.5. The standard InChI is InChI=1S/C30H25ClF3N5O3/c31-23-8-2-1-7-22(23)26(27(41)37-21-15-29(33,34)16-21)30(28(42)38-20-6-3-5-19(32)14-20)11-4-9-25(40)39(30)24-13-18(17-35)10-12-36-24/h1-3,5-8,10,12-14,21,26H,4,9,11,15-16H2,(H,37,41)(H,38,42)/t26-,30?/m1/s1. The van der Waals surface area contributed by atoms with Gasteiger partial charge in [0.15, 0.2) is 0 Å². The van der Waals surface area contributed by atoms with Crippen molar-refractivity contribution in [2.75, 3.05) is 10.2 Å². The Hall–Kier alpha value is -4.43. The minimum absolute atomic E-state index is 0.000829. The van der Waals surface area contributed by atoms with Gasteiger partial charge < -0.3 is 10.6 Å². The summed E-state index contributed by atoms with van der Waals surface area (Å²) in [6.45, 7) is 0. The molecule has 0 bridgehead atoms. The average Bonchev–Trinajstić information content (AvgIpc) is 2.93. The number of benzene rings is 2. The second kappa shape index (κ2) is 11.4. The molecular formula is C30H25ClF3N5O3. The lowest BCUT2D eigenvalue weighted by molar-refractivity contribution is -0.138. The van der Waals surface area contributed by atoms with Gasteiger partial charge in [-0.25, -0.2) is 18.2 Å². The quantitative estimate of drug-likeness (QED) is 0.383. The van der Waals surface area contributed by atoms with Crippen LogP contribution in [0.2, 0.25) is 5.02 Å². The number of nitrogens with one attached hydrogen (secondary N) is 2. The largest absolute Gasteiger partial charge is 0.352 e. The SMILES string of the molecule is N#Cc1ccnc(N2C(=O)CCCC2(C(=O)Nc2cccc(F)c2)[C@@H](C(=O)NC2CC(F)(F)C2)c2ccccc2Cl)c1. The highest BCUT2D eigenvalue weighted by Gasteiger charge is 2.59. The third-order valence-corrected chi connectivity index (χ3v) is 7.91. The highest BCUT2D eigenvalue weighted by molar-refractivity contribution is 6.32. The first kappa shape index (κ1) is 29.1. The summed E-state index contributed by atoms with van der Waals surface area (Å²) in [5.74, 6) is -7.33. The van der Waals surface area contributed by atoms with E-state index in [9.17, 15) is 32.8 Å². The smallest absolute Gasteiger partial charge is 0.252 e. The van der Waals surface area contributed by atoms with Crippen molar-refractivity contribution >= 4 is 40.8 Å². The van der Waals surface area contributed by atoms with Gasteiger partial charge >= 0.3 is 0 Å².